The summed E-state index contributed by atoms with van der Waals surface area (Å²) < 4.78 is 5.66. The molecular weight excluding hydrogens is 380 g/mol. The molecule has 7 heteroatoms. The molecular formula is C23H36N4O3. The first-order valence-corrected chi connectivity index (χ1v) is 11.3. The SMILES string of the molecule is CC1COCC(C)N1c1ccc(C(=O)NCCN)cc1NC(=O)CCC1CCCC1. The van der Waals surface area contributed by atoms with Crippen LogP contribution in [0.1, 0.15) is 62.7 Å². The molecule has 0 spiro atoms. The van der Waals surface area contributed by atoms with Gasteiger partial charge in [-0.05, 0) is 44.4 Å². The molecule has 2 amide bonds. The molecule has 0 bridgehead atoms. The smallest absolute Gasteiger partial charge is 0.251 e. The number of hydrogen-bond acceptors (Lipinski definition) is 5. The van der Waals surface area contributed by atoms with Crippen LogP contribution in [0.2, 0.25) is 0 Å². The molecule has 30 heavy (non-hydrogen) atoms. The highest BCUT2D eigenvalue weighted by Crippen LogP contribution is 2.33. The highest BCUT2D eigenvalue weighted by atomic mass is 16.5. The van der Waals surface area contributed by atoms with E-state index in [9.17, 15) is 9.59 Å². The van der Waals surface area contributed by atoms with Gasteiger partial charge in [-0.3, -0.25) is 9.59 Å². The molecule has 1 saturated carbocycles. The first kappa shape index (κ1) is 22.6. The number of nitrogens with one attached hydrogen (secondary N) is 2. The van der Waals surface area contributed by atoms with Crippen molar-refractivity contribution in [2.24, 2.45) is 11.7 Å². The zero-order valence-electron chi connectivity index (χ0n) is 18.3. The molecule has 1 saturated heterocycles. The van der Waals surface area contributed by atoms with Crippen LogP contribution in [-0.2, 0) is 9.53 Å². The van der Waals surface area contributed by atoms with Crippen LogP contribution in [0.4, 0.5) is 11.4 Å². The quantitative estimate of drug-likeness (QED) is 0.605. The number of ether oxygens (including phenoxy) is 1. The lowest BCUT2D eigenvalue weighted by Crippen LogP contribution is -2.50. The van der Waals surface area contributed by atoms with Crippen LogP contribution in [-0.4, -0.2) is 50.2 Å². The molecule has 0 radical (unpaired) electrons. The predicted molar refractivity (Wildman–Crippen MR) is 120 cm³/mol. The Morgan fingerprint density at radius 3 is 2.53 bits per heavy atom. The Kier molecular flexibility index (Phi) is 8.10. The number of rotatable bonds is 8. The minimum absolute atomic E-state index is 0.0104. The minimum atomic E-state index is -0.184. The topological polar surface area (TPSA) is 96.7 Å². The zero-order valence-corrected chi connectivity index (χ0v) is 18.3. The maximum atomic E-state index is 12.7. The van der Waals surface area contributed by atoms with Crippen LogP contribution >= 0.6 is 0 Å². The lowest BCUT2D eigenvalue weighted by Gasteiger charge is -2.41. The normalized spacial score (nSPS) is 22.2. The van der Waals surface area contributed by atoms with Crippen molar-refractivity contribution in [2.75, 3.05) is 36.5 Å². The molecule has 1 aromatic carbocycles. The number of benzene rings is 1. The molecule has 166 valence electrons. The highest BCUT2D eigenvalue weighted by molar-refractivity contribution is 6.00. The molecule has 3 rings (SSSR count). The Morgan fingerprint density at radius 2 is 1.87 bits per heavy atom. The minimum Gasteiger partial charge on any atom is -0.377 e. The molecule has 1 aliphatic carbocycles. The van der Waals surface area contributed by atoms with Crippen LogP contribution in [0, 0.1) is 5.92 Å². The fourth-order valence-corrected chi connectivity index (χ4v) is 4.62. The van der Waals surface area contributed by atoms with Crippen LogP contribution in [0.3, 0.4) is 0 Å². The molecule has 2 atom stereocenters. The molecule has 0 aromatic heterocycles. The Hall–Kier alpha value is -2.12. The van der Waals surface area contributed by atoms with Gasteiger partial charge in [0, 0.05) is 37.2 Å². The Bertz CT molecular complexity index is 723. The maximum Gasteiger partial charge on any atom is 0.251 e. The summed E-state index contributed by atoms with van der Waals surface area (Å²) in [5.74, 6) is 0.496. The molecule has 4 N–H and O–H groups in total. The third-order valence-corrected chi connectivity index (χ3v) is 6.16. The first-order chi connectivity index (χ1) is 14.5. The van der Waals surface area contributed by atoms with Crippen molar-refractivity contribution < 1.29 is 14.3 Å². The molecule has 1 aromatic rings. The number of morpholine rings is 1. The van der Waals surface area contributed by atoms with Gasteiger partial charge in [-0.25, -0.2) is 0 Å². The van der Waals surface area contributed by atoms with Crippen molar-refractivity contribution in [1.29, 1.82) is 0 Å². The van der Waals surface area contributed by atoms with Crippen molar-refractivity contribution >= 4 is 23.2 Å². The van der Waals surface area contributed by atoms with E-state index in [1.54, 1.807) is 6.07 Å². The van der Waals surface area contributed by atoms with Gasteiger partial charge in [0.2, 0.25) is 5.91 Å². The Morgan fingerprint density at radius 1 is 1.17 bits per heavy atom. The summed E-state index contributed by atoms with van der Waals surface area (Å²) in [6.45, 7) is 6.31. The average molecular weight is 417 g/mol. The fraction of sp³-hybridized carbons (Fsp3) is 0.652. The fourth-order valence-electron chi connectivity index (χ4n) is 4.62. The summed E-state index contributed by atoms with van der Waals surface area (Å²) in [5, 5.41) is 5.90. The van der Waals surface area contributed by atoms with Crippen molar-refractivity contribution in [3.05, 3.63) is 23.8 Å². The second-order valence-electron chi connectivity index (χ2n) is 8.66. The third-order valence-electron chi connectivity index (χ3n) is 6.16. The number of anilines is 2. The second kappa shape index (κ2) is 10.8. The maximum absolute atomic E-state index is 12.7. The lowest BCUT2D eigenvalue weighted by atomic mass is 10.0. The average Bonchev–Trinajstić information content (AvgIpc) is 3.25. The summed E-state index contributed by atoms with van der Waals surface area (Å²) in [6.07, 6.45) is 6.48. The molecule has 7 nitrogen and oxygen atoms in total. The Labute approximate surface area is 179 Å². The second-order valence-corrected chi connectivity index (χ2v) is 8.66. The van der Waals surface area contributed by atoms with Crippen LogP contribution < -0.4 is 21.3 Å². The van der Waals surface area contributed by atoms with E-state index in [2.05, 4.69) is 29.4 Å². The number of amides is 2. The predicted octanol–water partition coefficient (Wildman–Crippen LogP) is 2.90. The summed E-state index contributed by atoms with van der Waals surface area (Å²) in [7, 11) is 0. The molecule has 2 unspecified atom stereocenters. The Balaban J connectivity index is 1.79. The van der Waals surface area contributed by atoms with Crippen molar-refractivity contribution in [3.8, 4) is 0 Å². The molecule has 1 aliphatic heterocycles. The molecule has 2 fully saturated rings. The van der Waals surface area contributed by atoms with Gasteiger partial charge in [0.15, 0.2) is 0 Å². The van der Waals surface area contributed by atoms with Crippen LogP contribution in [0.15, 0.2) is 18.2 Å². The van der Waals surface area contributed by atoms with E-state index in [0.29, 0.717) is 49.9 Å². The van der Waals surface area contributed by atoms with E-state index in [1.165, 1.54) is 25.7 Å². The van der Waals surface area contributed by atoms with Crippen molar-refractivity contribution in [1.82, 2.24) is 5.32 Å². The van der Waals surface area contributed by atoms with E-state index in [-0.39, 0.29) is 23.9 Å². The lowest BCUT2D eigenvalue weighted by molar-refractivity contribution is -0.116. The van der Waals surface area contributed by atoms with Crippen LogP contribution in [0.25, 0.3) is 0 Å². The number of nitrogens with two attached hydrogens (primary N) is 1. The van der Waals surface area contributed by atoms with E-state index in [1.807, 2.05) is 12.1 Å². The number of carbonyl (C=O) groups is 2. The van der Waals surface area contributed by atoms with Gasteiger partial charge in [0.25, 0.3) is 5.91 Å². The third kappa shape index (κ3) is 5.73. The van der Waals surface area contributed by atoms with E-state index in [4.69, 9.17) is 10.5 Å². The van der Waals surface area contributed by atoms with Crippen molar-refractivity contribution in [3.63, 3.8) is 0 Å². The summed E-state index contributed by atoms with van der Waals surface area (Å²) in [6, 6.07) is 5.88. The van der Waals surface area contributed by atoms with Crippen LogP contribution in [0.5, 0.6) is 0 Å². The number of hydrogen-bond donors (Lipinski definition) is 3. The van der Waals surface area contributed by atoms with E-state index in [0.717, 1.165) is 12.1 Å². The first-order valence-electron chi connectivity index (χ1n) is 11.3. The largest absolute Gasteiger partial charge is 0.377 e. The van der Waals surface area contributed by atoms with E-state index >= 15 is 0 Å². The van der Waals surface area contributed by atoms with Gasteiger partial charge in [0.05, 0.1) is 24.6 Å². The van der Waals surface area contributed by atoms with Gasteiger partial charge >= 0.3 is 0 Å². The van der Waals surface area contributed by atoms with Gasteiger partial charge < -0.3 is 26.0 Å². The standard InChI is InChI=1S/C23H36N4O3/c1-16-14-30-15-17(2)27(16)21-9-8-19(23(29)25-12-11-24)13-20(21)26-22(28)10-7-18-5-3-4-6-18/h8-9,13,16-18H,3-7,10-12,14-15,24H2,1-2H3,(H,25,29)(H,26,28). The van der Waals surface area contributed by atoms with E-state index < -0.39 is 0 Å². The summed E-state index contributed by atoms with van der Waals surface area (Å²) in [5.41, 5.74) is 7.64. The van der Waals surface area contributed by atoms with Gasteiger partial charge in [-0.15, -0.1) is 0 Å². The van der Waals surface area contributed by atoms with Gasteiger partial charge in [-0.2, -0.15) is 0 Å². The number of carbonyl (C=O) groups excluding carboxylic acids is 2. The highest BCUT2D eigenvalue weighted by Gasteiger charge is 2.28. The van der Waals surface area contributed by atoms with Gasteiger partial charge in [0.1, 0.15) is 0 Å². The summed E-state index contributed by atoms with van der Waals surface area (Å²) >= 11 is 0. The zero-order chi connectivity index (χ0) is 21.5. The molecule has 1 heterocycles. The monoisotopic (exact) mass is 416 g/mol. The van der Waals surface area contributed by atoms with Gasteiger partial charge in [-0.1, -0.05) is 25.7 Å². The number of nitrogens with zero attached hydrogens (tertiary/aromatic N) is 1. The van der Waals surface area contributed by atoms with Crippen molar-refractivity contribution in [2.45, 2.75) is 64.5 Å². The summed E-state index contributed by atoms with van der Waals surface area (Å²) in [4.78, 5) is 27.5. The molecule has 2 aliphatic rings.